The Hall–Kier alpha value is -8.73. The van der Waals surface area contributed by atoms with E-state index in [0.717, 1.165) is 32.3 Å². The van der Waals surface area contributed by atoms with Crippen LogP contribution >= 0.6 is 85.5 Å². The average molecular weight is 1830 g/mol. The fraction of sp³-hybridized carbons (Fsp3) is 0.316. The van der Waals surface area contributed by atoms with Crippen molar-refractivity contribution in [3.8, 4) is 17.2 Å². The van der Waals surface area contributed by atoms with E-state index < -0.39 is 64.5 Å². The predicted octanol–water partition coefficient (Wildman–Crippen LogP) is 14.2. The molecule has 16 rings (SSSR count). The molecule has 3 atom stereocenters. The number of benzene rings is 6. The van der Waals surface area contributed by atoms with Crippen LogP contribution in [0.1, 0.15) is 78.1 Å². The fourth-order valence-corrected chi connectivity index (χ4v) is 21.8. The Morgan fingerprint density at radius 2 is 0.769 bits per heavy atom. The zero-order valence-electron chi connectivity index (χ0n) is 60.9. The molecule has 3 amide bonds. The van der Waals surface area contributed by atoms with E-state index in [-0.39, 0.29) is 112 Å². The number of carbonyl (C=O) groups is 4. The Balaban J connectivity index is 0.000000171. The molecule has 6 aromatic carbocycles. The Morgan fingerprint density at radius 1 is 0.470 bits per heavy atom. The van der Waals surface area contributed by atoms with Crippen LogP contribution in [0.15, 0.2) is 184 Å². The number of anilines is 6. The van der Waals surface area contributed by atoms with Crippen LogP contribution in [-0.2, 0) is 85.1 Å². The molecule has 3 saturated heterocycles. The fourth-order valence-electron chi connectivity index (χ4n) is 15.1. The number of amides is 3. The summed E-state index contributed by atoms with van der Waals surface area (Å²) in [5.41, 5.74) is 1.80. The highest BCUT2D eigenvalue weighted by molar-refractivity contribution is 9.10. The second-order valence-electron chi connectivity index (χ2n) is 28.4. The third-order valence-electron chi connectivity index (χ3n) is 20.8. The second kappa shape index (κ2) is 35.3. The van der Waals surface area contributed by atoms with E-state index in [1.54, 1.807) is 111 Å². The lowest BCUT2D eigenvalue weighted by molar-refractivity contribution is -0.143. The number of nitriles is 1. The molecule has 0 unspecified atom stereocenters. The van der Waals surface area contributed by atoms with E-state index in [1.807, 2.05) is 48.5 Å². The summed E-state index contributed by atoms with van der Waals surface area (Å²) in [7, 11) is -12.0. The topological polar surface area (TPSA) is 337 Å². The Bertz CT molecular complexity index is 5790. The molecule has 0 bridgehead atoms. The number of nitrogens with zero attached hydrogens (tertiary/aromatic N) is 15. The molecule has 0 aliphatic carbocycles. The van der Waals surface area contributed by atoms with E-state index in [9.17, 15) is 49.5 Å². The van der Waals surface area contributed by atoms with Crippen LogP contribution in [0.2, 0.25) is 30.1 Å². The number of aliphatic carboxylic acids is 1. The number of nitrogens with one attached hydrogen (secondary N) is 2. The van der Waals surface area contributed by atoms with E-state index in [4.69, 9.17) is 74.9 Å². The van der Waals surface area contributed by atoms with Gasteiger partial charge in [-0.15, -0.1) is 0 Å². The molecule has 0 radical (unpaired) electrons. The van der Waals surface area contributed by atoms with Gasteiger partial charge in [-0.2, -0.15) is 18.2 Å². The van der Waals surface area contributed by atoms with Crippen LogP contribution in [0, 0.1) is 17.2 Å². The zero-order chi connectivity index (χ0) is 81.1. The number of piperazine rings is 2. The van der Waals surface area contributed by atoms with Crippen LogP contribution in [0.25, 0.3) is 11.1 Å². The lowest BCUT2D eigenvalue weighted by Gasteiger charge is -2.31. The molecule has 10 aromatic rings. The predicted molar refractivity (Wildman–Crippen MR) is 455 cm³/mol. The Morgan fingerprint density at radius 3 is 1.08 bits per heavy atom. The van der Waals surface area contributed by atoms with Gasteiger partial charge in [-0.25, -0.2) is 64.9 Å². The summed E-state index contributed by atoms with van der Waals surface area (Å²) in [4.78, 5) is 79.4. The van der Waals surface area contributed by atoms with Gasteiger partial charge in [-0.05, 0) is 135 Å². The van der Waals surface area contributed by atoms with Crippen molar-refractivity contribution in [2.24, 2.45) is 5.92 Å². The first-order valence-corrected chi connectivity index (χ1v) is 43.0. The summed E-state index contributed by atoms with van der Waals surface area (Å²) < 4.78 is 92.4. The lowest BCUT2D eigenvalue weighted by atomic mass is 9.91. The van der Waals surface area contributed by atoms with Gasteiger partial charge in [0, 0.05) is 137 Å². The van der Waals surface area contributed by atoms with Gasteiger partial charge >= 0.3 is 5.97 Å². The van der Waals surface area contributed by atoms with Crippen LogP contribution in [-0.4, -0.2) is 171 Å². The second-order valence-corrected chi connectivity index (χ2v) is 37.6. The highest BCUT2D eigenvalue weighted by Crippen LogP contribution is 2.49. The molecular formula is C79H82BrCl6N17O11S3. The van der Waals surface area contributed by atoms with Crippen molar-refractivity contribution in [2.45, 2.75) is 107 Å². The van der Waals surface area contributed by atoms with Gasteiger partial charge in [-0.1, -0.05) is 156 Å². The first-order chi connectivity index (χ1) is 54.2. The summed E-state index contributed by atoms with van der Waals surface area (Å²) in [5.74, 6) is -2.16. The van der Waals surface area contributed by atoms with Gasteiger partial charge in [0.25, 0.3) is 47.8 Å². The lowest BCUT2D eigenvalue weighted by Crippen LogP contribution is -2.48. The molecule has 4 aromatic heterocycles. The number of piperidine rings is 1. The number of hydrogen-bond acceptors (Lipinski definition) is 18. The van der Waals surface area contributed by atoms with Crippen LogP contribution in [0.5, 0.6) is 0 Å². The number of imidazole rings is 3. The molecule has 10 heterocycles. The van der Waals surface area contributed by atoms with Gasteiger partial charge in [0.1, 0.15) is 22.9 Å². The Kier molecular flexibility index (Phi) is 26.9. The standard InChI is InChI=1S/C29H26Cl2N6O5S.C24H22Cl2N6O3S.C23H22BrCl2N5O3S.3CH4/c1-29(13-18-2-4-19(5-3-18)21-14-32-17-33-15-21)27(40)36(24-11-22(30)10-23(31)12-24)28-34-16-25(37(28)29)43(41,42)35-8-6-20(7-9-35)26(38)39;1-24(13-16-2-4-17(14-27)5-3-16)22(33)31(20-11-18(25)10-19(26)12-20)23-29-15-21(32(23)24)36(34,35)30-8-6-28-7-9-30;1-23(13-15-2-4-16(24)5-3-15)21(32)30(19-11-17(25)10-18(26)12-19)22-28-14-20(31(22)23)35(33,34)29-8-6-27-7-9-29;;;/h2-5,10-12,14-17,20H,6-9,13H2,1H3,(H,38,39);2-5,10-12,15,28H,6-9,13H2,1H3;2-5,10-12,14,27H,6-9,13H2,1H3;3*1H4/t29-;24-;23-;;;/m111.../s1. The summed E-state index contributed by atoms with van der Waals surface area (Å²) in [6.45, 7) is 8.71. The maximum absolute atomic E-state index is 14.3. The highest BCUT2D eigenvalue weighted by atomic mass is 79.9. The van der Waals surface area contributed by atoms with Crippen LogP contribution in [0.4, 0.5) is 34.9 Å². The van der Waals surface area contributed by atoms with Crippen LogP contribution in [0.3, 0.4) is 0 Å². The minimum absolute atomic E-state index is 0. The van der Waals surface area contributed by atoms with Crippen molar-refractivity contribution in [3.63, 3.8) is 0 Å². The number of halogens is 7. The summed E-state index contributed by atoms with van der Waals surface area (Å²) >= 11 is 40.9. The quantitative estimate of drug-likeness (QED) is 0.0762. The van der Waals surface area contributed by atoms with Gasteiger partial charge in [0.2, 0.25) is 17.8 Å². The summed E-state index contributed by atoms with van der Waals surface area (Å²) in [6.07, 6.45) is 9.70. The first-order valence-electron chi connectivity index (χ1n) is 35.6. The molecular weight excluding hydrogens is 1750 g/mol. The molecule has 38 heteroatoms. The van der Waals surface area contributed by atoms with Crippen molar-refractivity contribution < 1.29 is 49.5 Å². The van der Waals surface area contributed by atoms with Gasteiger partial charge < -0.3 is 15.7 Å². The van der Waals surface area contributed by atoms with Crippen molar-refractivity contribution >= 4 is 174 Å². The van der Waals surface area contributed by atoms with Crippen molar-refractivity contribution in [2.75, 3.05) is 80.1 Å². The summed E-state index contributed by atoms with van der Waals surface area (Å²) in [6, 6.07) is 38.2. The largest absolute Gasteiger partial charge is 0.481 e. The highest BCUT2D eigenvalue weighted by Gasteiger charge is 2.56. The van der Waals surface area contributed by atoms with E-state index in [0.29, 0.717) is 105 Å². The monoisotopic (exact) mass is 1830 g/mol. The Labute approximate surface area is 717 Å². The molecule has 117 heavy (non-hydrogen) atoms. The number of carbonyl (C=O) groups excluding carboxylic acids is 3. The number of rotatable bonds is 17. The smallest absolute Gasteiger partial charge is 0.306 e. The van der Waals surface area contributed by atoms with Gasteiger partial charge in [-0.3, -0.25) is 32.9 Å². The number of sulfonamides is 3. The van der Waals surface area contributed by atoms with Crippen molar-refractivity contribution in [1.82, 2.24) is 62.2 Å². The molecule has 3 fully saturated rings. The van der Waals surface area contributed by atoms with Gasteiger partial charge in [0.05, 0.1) is 53.2 Å². The molecule has 6 aliphatic heterocycles. The third-order valence-corrected chi connectivity index (χ3v) is 28.2. The minimum atomic E-state index is -4.15. The number of carboxylic acids is 1. The SMILES string of the molecule is C.C.C.C[C@@]1(Cc2ccc(-c3cncnc3)cc2)C(=O)N(c2cc(Cl)cc(Cl)c2)c2ncc(S(=O)(=O)N3CCC(C(=O)O)CC3)n21.C[C@@]1(Cc2ccc(Br)cc2)C(=O)N(c2cc(Cl)cc(Cl)c2)c2ncc(S(=O)(=O)N3CCNCC3)n21.C[C@@]1(Cc2ccc(C#N)cc2)C(=O)N(c2cc(Cl)cc(Cl)c2)c2ncc(S(=O)(=O)N3CCNCC3)n21. The molecule has 616 valence electrons. The zero-order valence-corrected chi connectivity index (χ0v) is 69.5. The number of fused-ring (bicyclic) bond motifs is 3. The minimum Gasteiger partial charge on any atom is -0.481 e. The third kappa shape index (κ3) is 17.2. The first kappa shape index (κ1) is 89.1. The maximum Gasteiger partial charge on any atom is 0.306 e. The van der Waals surface area contributed by atoms with E-state index in [1.165, 1.54) is 67.7 Å². The van der Waals surface area contributed by atoms with Crippen LogP contribution < -0.4 is 25.3 Å². The number of hydrogen-bond donors (Lipinski definition) is 3. The number of carboxylic acid groups (broad SMARTS) is 1. The molecule has 28 nitrogen and oxygen atoms in total. The average Bonchev–Trinajstić information content (AvgIpc) is 1.56. The normalized spacial score (nSPS) is 19.7. The number of aromatic nitrogens is 8. The summed E-state index contributed by atoms with van der Waals surface area (Å²) in [5, 5.41) is 26.6. The molecule has 0 saturated carbocycles. The molecule has 0 spiro atoms. The molecule has 6 aliphatic rings. The molecule has 3 N–H and O–H groups in total. The van der Waals surface area contributed by atoms with Gasteiger partial charge in [0.15, 0.2) is 15.1 Å². The maximum atomic E-state index is 14.3. The van der Waals surface area contributed by atoms with Crippen molar-refractivity contribution in [1.29, 1.82) is 5.26 Å². The van der Waals surface area contributed by atoms with E-state index in [2.05, 4.69) is 57.6 Å². The van der Waals surface area contributed by atoms with E-state index >= 15 is 0 Å². The van der Waals surface area contributed by atoms with Crippen molar-refractivity contribution in [3.05, 3.63) is 222 Å².